The summed E-state index contributed by atoms with van der Waals surface area (Å²) in [6.07, 6.45) is 4.77. The molecule has 2 aliphatic rings. The highest BCUT2D eigenvalue weighted by Crippen LogP contribution is 2.34. The summed E-state index contributed by atoms with van der Waals surface area (Å²) < 4.78 is 18.5. The molecule has 2 heterocycles. The molecule has 0 saturated carbocycles. The number of amides is 1. The number of nitrogens with zero attached hydrogens (tertiary/aromatic N) is 3. The zero-order chi connectivity index (χ0) is 22.8. The van der Waals surface area contributed by atoms with E-state index in [-0.39, 0.29) is 18.0 Å². The first-order chi connectivity index (χ1) is 16.1. The zero-order valence-corrected chi connectivity index (χ0v) is 19.5. The molecule has 3 aromatic rings. The van der Waals surface area contributed by atoms with E-state index < -0.39 is 0 Å². The lowest BCUT2D eigenvalue weighted by atomic mass is 9.92. The maximum Gasteiger partial charge on any atom is 0.237 e. The fourth-order valence-corrected chi connectivity index (χ4v) is 4.78. The van der Waals surface area contributed by atoms with E-state index in [1.54, 1.807) is 18.2 Å². The van der Waals surface area contributed by atoms with Gasteiger partial charge < -0.3 is 24.1 Å². The van der Waals surface area contributed by atoms with Crippen LogP contribution < -0.4 is 19.5 Å². The van der Waals surface area contributed by atoms with Crippen LogP contribution in [0.2, 0.25) is 0 Å². The largest absolute Gasteiger partial charge is 0.486 e. The Bertz CT molecular complexity index is 1180. The quantitative estimate of drug-likeness (QED) is 0.524. The molecule has 5 rings (SSSR count). The first-order valence-electron chi connectivity index (χ1n) is 11.1. The summed E-state index contributed by atoms with van der Waals surface area (Å²) in [5, 5.41) is 11.7. The number of aromatic nitrogens is 3. The molecule has 0 fully saturated rings. The number of hydrogen-bond acceptors (Lipinski definition) is 7. The van der Waals surface area contributed by atoms with E-state index in [2.05, 4.69) is 27.6 Å². The molecule has 9 heteroatoms. The van der Waals surface area contributed by atoms with E-state index in [9.17, 15) is 4.79 Å². The fourth-order valence-electron chi connectivity index (χ4n) is 3.95. The topological polar surface area (TPSA) is 87.5 Å². The molecule has 0 saturated heterocycles. The first kappa shape index (κ1) is 21.6. The van der Waals surface area contributed by atoms with Crippen molar-refractivity contribution in [1.29, 1.82) is 0 Å². The monoisotopic (exact) mass is 466 g/mol. The van der Waals surface area contributed by atoms with Gasteiger partial charge in [-0.05, 0) is 68.0 Å². The van der Waals surface area contributed by atoms with Crippen molar-refractivity contribution in [2.24, 2.45) is 7.05 Å². The average molecular weight is 467 g/mol. The number of carbonyl (C=O) groups is 1. The van der Waals surface area contributed by atoms with Crippen molar-refractivity contribution in [2.75, 3.05) is 12.1 Å². The van der Waals surface area contributed by atoms with Crippen LogP contribution in [0.5, 0.6) is 17.2 Å². The van der Waals surface area contributed by atoms with Gasteiger partial charge in [-0.2, -0.15) is 0 Å². The number of rotatable bonds is 7. The molecule has 1 aliphatic carbocycles. The summed E-state index contributed by atoms with van der Waals surface area (Å²) >= 11 is 1.35. The number of anilines is 1. The van der Waals surface area contributed by atoms with Crippen LogP contribution in [0.15, 0.2) is 41.6 Å². The van der Waals surface area contributed by atoms with Gasteiger partial charge in [0.05, 0.1) is 5.25 Å². The van der Waals surface area contributed by atoms with Crippen molar-refractivity contribution in [1.82, 2.24) is 14.8 Å². The van der Waals surface area contributed by atoms with Crippen molar-refractivity contribution >= 4 is 23.4 Å². The van der Waals surface area contributed by atoms with Crippen molar-refractivity contribution in [3.63, 3.8) is 0 Å². The smallest absolute Gasteiger partial charge is 0.237 e. The van der Waals surface area contributed by atoms with Crippen LogP contribution in [0.4, 0.5) is 5.69 Å². The summed E-state index contributed by atoms with van der Waals surface area (Å²) in [4.78, 5) is 12.7. The normalized spacial score (nSPS) is 15.1. The van der Waals surface area contributed by atoms with Crippen molar-refractivity contribution in [3.05, 3.63) is 53.3 Å². The number of ether oxygens (including phenoxy) is 3. The molecule has 0 bridgehead atoms. The highest BCUT2D eigenvalue weighted by Gasteiger charge is 2.21. The Morgan fingerprint density at radius 3 is 2.82 bits per heavy atom. The third-order valence-electron chi connectivity index (χ3n) is 5.90. The lowest BCUT2D eigenvalue weighted by Crippen LogP contribution is -2.22. The second-order valence-electron chi connectivity index (χ2n) is 8.20. The van der Waals surface area contributed by atoms with Gasteiger partial charge in [-0.15, -0.1) is 10.2 Å². The van der Waals surface area contributed by atoms with Crippen LogP contribution in [0.1, 0.15) is 36.7 Å². The van der Waals surface area contributed by atoms with Crippen LogP contribution in [0.3, 0.4) is 0 Å². The van der Waals surface area contributed by atoms with E-state index in [0.29, 0.717) is 34.8 Å². The number of benzene rings is 2. The number of carbonyl (C=O) groups excluding carboxylic acids is 1. The van der Waals surface area contributed by atoms with Crippen LogP contribution >= 0.6 is 11.8 Å². The van der Waals surface area contributed by atoms with Crippen molar-refractivity contribution in [3.8, 4) is 17.2 Å². The minimum absolute atomic E-state index is 0.131. The molecule has 2 aromatic carbocycles. The maximum atomic E-state index is 12.7. The Labute approximate surface area is 196 Å². The number of fused-ring (bicyclic) bond motifs is 2. The Balaban J connectivity index is 1.18. The predicted octanol–water partition coefficient (Wildman–Crippen LogP) is 4.12. The highest BCUT2D eigenvalue weighted by atomic mass is 32.2. The van der Waals surface area contributed by atoms with E-state index in [1.165, 1.54) is 35.7 Å². The van der Waals surface area contributed by atoms with Gasteiger partial charge in [0.2, 0.25) is 12.7 Å². The summed E-state index contributed by atoms with van der Waals surface area (Å²) in [7, 11) is 1.89. The lowest BCUT2D eigenvalue weighted by molar-refractivity contribution is -0.115. The Morgan fingerprint density at radius 2 is 1.94 bits per heavy atom. The van der Waals surface area contributed by atoms with Gasteiger partial charge in [-0.25, -0.2) is 0 Å². The third-order valence-corrected chi connectivity index (χ3v) is 7.04. The Morgan fingerprint density at radius 1 is 1.12 bits per heavy atom. The summed E-state index contributed by atoms with van der Waals surface area (Å²) in [6, 6.07) is 11.7. The molecule has 8 nitrogen and oxygen atoms in total. The molecule has 0 spiro atoms. The van der Waals surface area contributed by atoms with Crippen LogP contribution in [0, 0.1) is 0 Å². The predicted molar refractivity (Wildman–Crippen MR) is 125 cm³/mol. The second-order valence-corrected chi connectivity index (χ2v) is 9.51. The van der Waals surface area contributed by atoms with E-state index in [0.717, 1.165) is 18.6 Å². The first-order valence-corrected chi connectivity index (χ1v) is 11.9. The number of aryl methyl sites for hydroxylation is 2. The van der Waals surface area contributed by atoms with Crippen molar-refractivity contribution < 1.29 is 19.0 Å². The molecular formula is C24H26N4O4S. The van der Waals surface area contributed by atoms with Crippen LogP contribution in [0.25, 0.3) is 0 Å². The Kier molecular flexibility index (Phi) is 6.13. The summed E-state index contributed by atoms with van der Waals surface area (Å²) in [5.74, 6) is 2.74. The molecule has 0 radical (unpaired) electrons. The van der Waals surface area contributed by atoms with Gasteiger partial charge in [0.15, 0.2) is 22.5 Å². The Hall–Kier alpha value is -3.20. The van der Waals surface area contributed by atoms with Crippen molar-refractivity contribution in [2.45, 2.75) is 49.6 Å². The molecule has 1 N–H and O–H groups in total. The van der Waals surface area contributed by atoms with E-state index in [4.69, 9.17) is 14.2 Å². The summed E-state index contributed by atoms with van der Waals surface area (Å²) in [5.41, 5.74) is 3.48. The van der Waals surface area contributed by atoms with Gasteiger partial charge in [-0.1, -0.05) is 17.8 Å². The minimum Gasteiger partial charge on any atom is -0.486 e. The van der Waals surface area contributed by atoms with Gasteiger partial charge in [0.25, 0.3) is 0 Å². The zero-order valence-electron chi connectivity index (χ0n) is 18.7. The third kappa shape index (κ3) is 4.78. The molecule has 0 unspecified atom stereocenters. The molecule has 33 heavy (non-hydrogen) atoms. The molecular weight excluding hydrogens is 440 g/mol. The molecule has 1 aromatic heterocycles. The number of nitrogens with one attached hydrogen (secondary N) is 1. The summed E-state index contributed by atoms with van der Waals surface area (Å²) in [6.45, 7) is 2.36. The van der Waals surface area contributed by atoms with Gasteiger partial charge in [-0.3, -0.25) is 4.79 Å². The molecule has 1 amide bonds. The van der Waals surface area contributed by atoms with Crippen LogP contribution in [-0.4, -0.2) is 32.7 Å². The SMILES string of the molecule is C[C@@H](Sc1nnc(COc2ccc3c(c2)CCCC3)n1C)C(=O)Nc1ccc2c(c1)OCO2. The standard InChI is InChI=1S/C24H26N4O4S/c1-15(23(29)25-18-8-10-20-21(12-18)32-14-31-20)33-24-27-26-22(28(24)2)13-30-19-9-7-16-5-3-4-6-17(16)11-19/h7-12,15H,3-6,13-14H2,1-2H3,(H,25,29)/t15-/m1/s1. The lowest BCUT2D eigenvalue weighted by Gasteiger charge is -2.16. The molecule has 1 atom stereocenters. The maximum absolute atomic E-state index is 12.7. The van der Waals surface area contributed by atoms with E-state index in [1.807, 2.05) is 24.6 Å². The average Bonchev–Trinajstić information content (AvgIpc) is 3.43. The fraction of sp³-hybridized carbons (Fsp3) is 0.375. The molecule has 1 aliphatic heterocycles. The van der Waals surface area contributed by atoms with Gasteiger partial charge in [0, 0.05) is 18.8 Å². The number of thioether (sulfide) groups is 1. The number of hydrogen-bond donors (Lipinski definition) is 1. The van der Waals surface area contributed by atoms with Gasteiger partial charge >= 0.3 is 0 Å². The minimum atomic E-state index is -0.368. The van der Waals surface area contributed by atoms with Gasteiger partial charge in [0.1, 0.15) is 12.4 Å². The van der Waals surface area contributed by atoms with Crippen LogP contribution in [-0.2, 0) is 31.3 Å². The second kappa shape index (κ2) is 9.35. The van der Waals surface area contributed by atoms with E-state index >= 15 is 0 Å². The molecule has 172 valence electrons. The highest BCUT2D eigenvalue weighted by molar-refractivity contribution is 8.00.